The molecule has 0 aromatic carbocycles. The first-order chi connectivity index (χ1) is 7.12. The maximum Gasteiger partial charge on any atom is 0.0499 e. The predicted molar refractivity (Wildman–Crippen MR) is 65.0 cm³/mol. The molecule has 1 saturated carbocycles. The molecular weight excluding hydrogens is 186 g/mol. The van der Waals surface area contributed by atoms with Crippen molar-refractivity contribution in [1.29, 1.82) is 0 Å². The molecule has 0 aliphatic heterocycles. The molecule has 3 atom stereocenters. The monoisotopic (exact) mass is 213 g/mol. The highest BCUT2D eigenvalue weighted by atomic mass is 16.3. The molecule has 0 spiro atoms. The molecule has 1 rings (SSSR count). The Morgan fingerprint density at radius 2 is 2.27 bits per heavy atom. The summed E-state index contributed by atoms with van der Waals surface area (Å²) in [5.41, 5.74) is 0.125. The van der Waals surface area contributed by atoms with Crippen molar-refractivity contribution < 1.29 is 5.11 Å². The van der Waals surface area contributed by atoms with Crippen molar-refractivity contribution in [3.8, 4) is 0 Å². The van der Waals surface area contributed by atoms with Gasteiger partial charge >= 0.3 is 0 Å². The van der Waals surface area contributed by atoms with Gasteiger partial charge in [0.15, 0.2) is 0 Å². The molecule has 3 unspecified atom stereocenters. The third kappa shape index (κ3) is 3.46. The number of rotatable bonds is 6. The minimum atomic E-state index is 0.125. The molecule has 0 aromatic heterocycles. The highest BCUT2D eigenvalue weighted by Gasteiger charge is 2.38. The Balaban J connectivity index is 2.36. The first-order valence-electron chi connectivity index (χ1n) is 6.49. The van der Waals surface area contributed by atoms with Gasteiger partial charge in [0.05, 0.1) is 0 Å². The van der Waals surface area contributed by atoms with Gasteiger partial charge in [0.1, 0.15) is 0 Å². The Morgan fingerprint density at radius 1 is 1.53 bits per heavy atom. The third-order valence-electron chi connectivity index (χ3n) is 3.92. The minimum Gasteiger partial charge on any atom is -0.396 e. The first-order valence-corrected chi connectivity index (χ1v) is 6.49. The van der Waals surface area contributed by atoms with Gasteiger partial charge in [-0.1, -0.05) is 33.1 Å². The van der Waals surface area contributed by atoms with Gasteiger partial charge in [-0.15, -0.1) is 0 Å². The van der Waals surface area contributed by atoms with E-state index in [0.717, 1.165) is 0 Å². The minimum absolute atomic E-state index is 0.125. The van der Waals surface area contributed by atoms with E-state index >= 15 is 0 Å². The molecule has 1 aliphatic carbocycles. The Kier molecular flexibility index (Phi) is 5.07. The molecule has 2 heteroatoms. The van der Waals surface area contributed by atoms with Crippen LogP contribution in [0.5, 0.6) is 0 Å². The number of unbranched alkanes of at least 4 members (excludes halogenated alkanes) is 1. The summed E-state index contributed by atoms with van der Waals surface area (Å²) in [6.07, 6.45) is 7.49. The Labute approximate surface area is 94.5 Å². The van der Waals surface area contributed by atoms with E-state index in [1.165, 1.54) is 38.5 Å². The van der Waals surface area contributed by atoms with Crippen LogP contribution >= 0.6 is 0 Å². The summed E-state index contributed by atoms with van der Waals surface area (Å²) in [5.74, 6) is 0. The van der Waals surface area contributed by atoms with Crippen LogP contribution in [0.3, 0.4) is 0 Å². The average Bonchev–Trinajstić information content (AvgIpc) is 2.58. The first kappa shape index (κ1) is 13.0. The Bertz CT molecular complexity index is 183. The van der Waals surface area contributed by atoms with Crippen molar-refractivity contribution in [2.45, 2.75) is 71.4 Å². The molecular formula is C13H27NO. The van der Waals surface area contributed by atoms with Gasteiger partial charge in [-0.3, -0.25) is 0 Å². The summed E-state index contributed by atoms with van der Waals surface area (Å²) in [5, 5.41) is 13.1. The molecule has 2 nitrogen and oxygen atoms in total. The van der Waals surface area contributed by atoms with Crippen LogP contribution in [0, 0.1) is 5.41 Å². The molecule has 2 N–H and O–H groups in total. The lowest BCUT2D eigenvalue weighted by Gasteiger charge is -2.32. The second-order valence-corrected chi connectivity index (χ2v) is 5.47. The largest absolute Gasteiger partial charge is 0.396 e. The van der Waals surface area contributed by atoms with Crippen molar-refractivity contribution >= 4 is 0 Å². The number of hydrogen-bond acceptors (Lipinski definition) is 2. The smallest absolute Gasteiger partial charge is 0.0499 e. The standard InChI is InChI=1S/C13H27NO/c1-4-5-7-11(2)14-12-8-6-9-13(12,3)10-15/h11-12,14-15H,4-10H2,1-3H3. The quantitative estimate of drug-likeness (QED) is 0.711. The zero-order valence-electron chi connectivity index (χ0n) is 10.6. The number of aliphatic hydroxyl groups is 1. The second-order valence-electron chi connectivity index (χ2n) is 5.47. The summed E-state index contributed by atoms with van der Waals surface area (Å²) in [4.78, 5) is 0. The van der Waals surface area contributed by atoms with Gasteiger partial charge < -0.3 is 10.4 Å². The molecule has 1 fully saturated rings. The van der Waals surface area contributed by atoms with Crippen LogP contribution in [0.1, 0.15) is 59.3 Å². The van der Waals surface area contributed by atoms with Crippen molar-refractivity contribution in [3.05, 3.63) is 0 Å². The van der Waals surface area contributed by atoms with Gasteiger partial charge in [0.25, 0.3) is 0 Å². The van der Waals surface area contributed by atoms with E-state index in [4.69, 9.17) is 0 Å². The predicted octanol–water partition coefficient (Wildman–Crippen LogP) is 2.71. The molecule has 90 valence electrons. The third-order valence-corrected chi connectivity index (χ3v) is 3.92. The van der Waals surface area contributed by atoms with Crippen LogP contribution in [-0.4, -0.2) is 23.8 Å². The molecule has 15 heavy (non-hydrogen) atoms. The highest BCUT2D eigenvalue weighted by molar-refractivity contribution is 4.93. The number of hydrogen-bond donors (Lipinski definition) is 2. The van der Waals surface area contributed by atoms with Crippen molar-refractivity contribution in [2.75, 3.05) is 6.61 Å². The Morgan fingerprint density at radius 3 is 2.87 bits per heavy atom. The summed E-state index contributed by atoms with van der Waals surface area (Å²) in [7, 11) is 0. The van der Waals surface area contributed by atoms with Gasteiger partial charge in [-0.05, 0) is 26.2 Å². The number of nitrogens with one attached hydrogen (secondary N) is 1. The maximum atomic E-state index is 9.44. The summed E-state index contributed by atoms with van der Waals surface area (Å²) in [6.45, 7) is 7.04. The molecule has 0 amide bonds. The van der Waals surface area contributed by atoms with Crippen LogP contribution < -0.4 is 5.32 Å². The van der Waals surface area contributed by atoms with E-state index in [-0.39, 0.29) is 5.41 Å². The molecule has 0 bridgehead atoms. The molecule has 1 aliphatic rings. The van der Waals surface area contributed by atoms with E-state index in [9.17, 15) is 5.11 Å². The number of aliphatic hydroxyl groups excluding tert-OH is 1. The lowest BCUT2D eigenvalue weighted by molar-refractivity contribution is 0.113. The Hall–Kier alpha value is -0.0800. The van der Waals surface area contributed by atoms with Crippen molar-refractivity contribution in [3.63, 3.8) is 0 Å². The van der Waals surface area contributed by atoms with Crippen LogP contribution in [0.2, 0.25) is 0 Å². The lowest BCUT2D eigenvalue weighted by Crippen LogP contribution is -2.45. The zero-order chi connectivity index (χ0) is 11.3. The van der Waals surface area contributed by atoms with Gasteiger partial charge in [-0.25, -0.2) is 0 Å². The zero-order valence-corrected chi connectivity index (χ0v) is 10.6. The van der Waals surface area contributed by atoms with E-state index in [2.05, 4.69) is 26.1 Å². The van der Waals surface area contributed by atoms with E-state index < -0.39 is 0 Å². The molecule has 0 heterocycles. The van der Waals surface area contributed by atoms with Gasteiger partial charge in [0, 0.05) is 24.1 Å². The molecule has 0 radical (unpaired) electrons. The lowest BCUT2D eigenvalue weighted by atomic mass is 9.85. The van der Waals surface area contributed by atoms with Crippen LogP contribution in [0.15, 0.2) is 0 Å². The molecule has 0 aromatic rings. The average molecular weight is 213 g/mol. The van der Waals surface area contributed by atoms with Crippen molar-refractivity contribution in [1.82, 2.24) is 5.32 Å². The fourth-order valence-electron chi connectivity index (χ4n) is 2.64. The highest BCUT2D eigenvalue weighted by Crippen LogP contribution is 2.37. The maximum absolute atomic E-state index is 9.44. The SMILES string of the molecule is CCCCC(C)NC1CCCC1(C)CO. The van der Waals surface area contributed by atoms with E-state index in [1.54, 1.807) is 0 Å². The summed E-state index contributed by atoms with van der Waals surface area (Å²) >= 11 is 0. The fraction of sp³-hybridized carbons (Fsp3) is 1.00. The molecule has 0 saturated heterocycles. The topological polar surface area (TPSA) is 32.3 Å². The van der Waals surface area contributed by atoms with E-state index in [0.29, 0.717) is 18.7 Å². The van der Waals surface area contributed by atoms with Crippen LogP contribution in [0.25, 0.3) is 0 Å². The van der Waals surface area contributed by atoms with Crippen LogP contribution in [0.4, 0.5) is 0 Å². The fourth-order valence-corrected chi connectivity index (χ4v) is 2.64. The van der Waals surface area contributed by atoms with Gasteiger partial charge in [-0.2, -0.15) is 0 Å². The van der Waals surface area contributed by atoms with Crippen molar-refractivity contribution in [2.24, 2.45) is 5.41 Å². The van der Waals surface area contributed by atoms with E-state index in [1.807, 2.05) is 0 Å². The summed E-state index contributed by atoms with van der Waals surface area (Å²) in [6, 6.07) is 1.12. The van der Waals surface area contributed by atoms with Gasteiger partial charge in [0.2, 0.25) is 0 Å². The normalized spacial score (nSPS) is 33.2. The van der Waals surface area contributed by atoms with Crippen LogP contribution in [-0.2, 0) is 0 Å². The summed E-state index contributed by atoms with van der Waals surface area (Å²) < 4.78 is 0. The second kappa shape index (κ2) is 5.86.